The van der Waals surface area contributed by atoms with Crippen LogP contribution in [-0.4, -0.2) is 22.2 Å². The van der Waals surface area contributed by atoms with Gasteiger partial charge >= 0.3 is 6.03 Å². The van der Waals surface area contributed by atoms with E-state index in [0.717, 1.165) is 11.3 Å². The van der Waals surface area contributed by atoms with Gasteiger partial charge in [-0.2, -0.15) is 4.98 Å². The number of nitrogens with zero attached hydrogens (tertiary/aromatic N) is 3. The topological polar surface area (TPSA) is 71.3 Å². The molecule has 0 bridgehead atoms. The van der Waals surface area contributed by atoms with E-state index in [1.54, 1.807) is 4.90 Å². The number of hydrogen-bond donors (Lipinski definition) is 1. The number of para-hydroxylation sites is 1. The molecule has 0 saturated carbocycles. The number of rotatable bonds is 3. The summed E-state index contributed by atoms with van der Waals surface area (Å²) < 4.78 is 5.44. The predicted octanol–water partition coefficient (Wildman–Crippen LogP) is 3.41. The van der Waals surface area contributed by atoms with Gasteiger partial charge in [-0.3, -0.25) is 4.90 Å². The van der Waals surface area contributed by atoms with Gasteiger partial charge in [0.25, 0.3) is 0 Å². The standard InChI is InChI=1S/C17H22N4O2/c1-10(2)15-19-16(23-20-15)14-9-12-7-5-6-8-13(12)21(14)17(22)18-11(3)4/h5-8,10-11,14H,9H2,1-4H3,(H,18,22). The van der Waals surface area contributed by atoms with Crippen LogP contribution >= 0.6 is 0 Å². The summed E-state index contributed by atoms with van der Waals surface area (Å²) in [5, 5.41) is 6.99. The highest BCUT2D eigenvalue weighted by Gasteiger charge is 2.38. The Morgan fingerprint density at radius 2 is 2.04 bits per heavy atom. The van der Waals surface area contributed by atoms with Gasteiger partial charge in [0.05, 0.1) is 0 Å². The summed E-state index contributed by atoms with van der Waals surface area (Å²) in [7, 11) is 0. The van der Waals surface area contributed by atoms with Crippen molar-refractivity contribution in [1.82, 2.24) is 15.5 Å². The highest BCUT2D eigenvalue weighted by molar-refractivity contribution is 5.95. The molecule has 0 radical (unpaired) electrons. The van der Waals surface area contributed by atoms with E-state index in [1.807, 2.05) is 52.0 Å². The number of benzene rings is 1. The summed E-state index contributed by atoms with van der Waals surface area (Å²) >= 11 is 0. The Hall–Kier alpha value is -2.37. The first-order chi connectivity index (χ1) is 11.0. The second kappa shape index (κ2) is 6.02. The van der Waals surface area contributed by atoms with Crippen LogP contribution in [0.1, 0.15) is 56.9 Å². The maximum absolute atomic E-state index is 12.7. The Kier molecular flexibility index (Phi) is 4.07. The van der Waals surface area contributed by atoms with Gasteiger partial charge in [0.15, 0.2) is 5.82 Å². The fourth-order valence-electron chi connectivity index (χ4n) is 2.77. The van der Waals surface area contributed by atoms with Crippen molar-refractivity contribution in [3.8, 4) is 0 Å². The molecule has 1 aromatic heterocycles. The van der Waals surface area contributed by atoms with Crippen LogP contribution in [-0.2, 0) is 6.42 Å². The lowest BCUT2D eigenvalue weighted by Gasteiger charge is -2.24. The molecule has 0 fully saturated rings. The number of nitrogens with one attached hydrogen (secondary N) is 1. The second-order valence-electron chi connectivity index (χ2n) is 6.47. The summed E-state index contributed by atoms with van der Waals surface area (Å²) in [4.78, 5) is 18.9. The van der Waals surface area contributed by atoms with Gasteiger partial charge in [-0.1, -0.05) is 37.2 Å². The molecule has 2 amide bonds. The molecule has 1 aromatic carbocycles. The monoisotopic (exact) mass is 314 g/mol. The number of hydrogen-bond acceptors (Lipinski definition) is 4. The van der Waals surface area contributed by atoms with Gasteiger partial charge in [-0.15, -0.1) is 0 Å². The molecule has 0 aliphatic carbocycles. The normalized spacial score (nSPS) is 17.0. The first-order valence-electron chi connectivity index (χ1n) is 7.98. The lowest BCUT2D eigenvalue weighted by molar-refractivity contribution is 0.240. The van der Waals surface area contributed by atoms with Gasteiger partial charge in [0, 0.05) is 24.1 Å². The zero-order valence-electron chi connectivity index (χ0n) is 13.9. The van der Waals surface area contributed by atoms with E-state index in [1.165, 1.54) is 0 Å². The van der Waals surface area contributed by atoms with Crippen LogP contribution < -0.4 is 10.2 Å². The first kappa shape index (κ1) is 15.5. The van der Waals surface area contributed by atoms with Gasteiger partial charge < -0.3 is 9.84 Å². The van der Waals surface area contributed by atoms with Crippen molar-refractivity contribution < 1.29 is 9.32 Å². The molecule has 122 valence electrons. The third-order valence-electron chi connectivity index (χ3n) is 3.87. The Bertz CT molecular complexity index is 708. The van der Waals surface area contributed by atoms with E-state index >= 15 is 0 Å². The first-order valence-corrected chi connectivity index (χ1v) is 7.98. The van der Waals surface area contributed by atoms with Gasteiger partial charge in [0.2, 0.25) is 5.89 Å². The molecule has 1 aliphatic heterocycles. The molecule has 0 spiro atoms. The minimum absolute atomic E-state index is 0.0600. The van der Waals surface area contributed by atoms with Crippen LogP contribution in [0.3, 0.4) is 0 Å². The van der Waals surface area contributed by atoms with Crippen molar-refractivity contribution in [2.75, 3.05) is 4.90 Å². The zero-order valence-corrected chi connectivity index (χ0v) is 13.9. The Balaban J connectivity index is 1.96. The molecule has 1 atom stereocenters. The predicted molar refractivity (Wildman–Crippen MR) is 87.4 cm³/mol. The molecule has 3 rings (SSSR count). The number of carbonyl (C=O) groups excluding carboxylic acids is 1. The van der Waals surface area contributed by atoms with Crippen LogP contribution in [0, 0.1) is 0 Å². The van der Waals surface area contributed by atoms with Crippen LogP contribution in [0.5, 0.6) is 0 Å². The molecular formula is C17H22N4O2. The quantitative estimate of drug-likeness (QED) is 0.942. The molecule has 2 heterocycles. The lowest BCUT2D eigenvalue weighted by Crippen LogP contribution is -2.43. The average molecular weight is 314 g/mol. The van der Waals surface area contributed by atoms with E-state index in [9.17, 15) is 4.79 Å². The van der Waals surface area contributed by atoms with Crippen LogP contribution in [0.15, 0.2) is 28.8 Å². The van der Waals surface area contributed by atoms with E-state index < -0.39 is 0 Å². The van der Waals surface area contributed by atoms with Gasteiger partial charge in [-0.05, 0) is 25.5 Å². The Morgan fingerprint density at radius 1 is 1.30 bits per heavy atom. The van der Waals surface area contributed by atoms with E-state index in [0.29, 0.717) is 18.1 Å². The van der Waals surface area contributed by atoms with Crippen molar-refractivity contribution in [1.29, 1.82) is 0 Å². The van der Waals surface area contributed by atoms with E-state index in [-0.39, 0.29) is 24.0 Å². The SMILES string of the molecule is CC(C)NC(=O)N1c2ccccc2CC1c1nc(C(C)C)no1. The number of fused-ring (bicyclic) bond motifs is 1. The summed E-state index contributed by atoms with van der Waals surface area (Å²) in [6.45, 7) is 7.92. The minimum Gasteiger partial charge on any atom is -0.337 e. The molecular weight excluding hydrogens is 292 g/mol. The molecule has 23 heavy (non-hydrogen) atoms. The Morgan fingerprint density at radius 3 is 2.70 bits per heavy atom. The van der Waals surface area contributed by atoms with Gasteiger partial charge in [-0.25, -0.2) is 4.79 Å². The third-order valence-corrected chi connectivity index (χ3v) is 3.87. The summed E-state index contributed by atoms with van der Waals surface area (Å²) in [6.07, 6.45) is 0.682. The van der Waals surface area contributed by atoms with E-state index in [4.69, 9.17) is 4.52 Å². The maximum atomic E-state index is 12.7. The highest BCUT2D eigenvalue weighted by atomic mass is 16.5. The number of aromatic nitrogens is 2. The average Bonchev–Trinajstić information content (AvgIpc) is 3.11. The maximum Gasteiger partial charge on any atom is 0.322 e. The third kappa shape index (κ3) is 2.93. The molecule has 1 unspecified atom stereocenters. The molecule has 1 N–H and O–H groups in total. The van der Waals surface area contributed by atoms with Crippen molar-refractivity contribution in [2.45, 2.75) is 52.1 Å². The van der Waals surface area contributed by atoms with Gasteiger partial charge in [0.1, 0.15) is 6.04 Å². The van der Waals surface area contributed by atoms with Crippen molar-refractivity contribution in [3.05, 3.63) is 41.5 Å². The molecule has 2 aromatic rings. The second-order valence-corrected chi connectivity index (χ2v) is 6.47. The summed E-state index contributed by atoms with van der Waals surface area (Å²) in [5.41, 5.74) is 2.01. The molecule has 6 heteroatoms. The molecule has 0 saturated heterocycles. The molecule has 6 nitrogen and oxygen atoms in total. The van der Waals surface area contributed by atoms with Crippen LogP contribution in [0.25, 0.3) is 0 Å². The smallest absolute Gasteiger partial charge is 0.322 e. The van der Waals surface area contributed by atoms with Crippen LogP contribution in [0.4, 0.5) is 10.5 Å². The zero-order chi connectivity index (χ0) is 16.6. The van der Waals surface area contributed by atoms with Crippen molar-refractivity contribution in [3.63, 3.8) is 0 Å². The minimum atomic E-state index is -0.258. The van der Waals surface area contributed by atoms with Crippen molar-refractivity contribution in [2.24, 2.45) is 0 Å². The van der Waals surface area contributed by atoms with Crippen molar-refractivity contribution >= 4 is 11.7 Å². The number of urea groups is 1. The summed E-state index contributed by atoms with van der Waals surface area (Å²) in [5.74, 6) is 1.35. The fraction of sp³-hybridized carbons (Fsp3) is 0.471. The highest BCUT2D eigenvalue weighted by Crippen LogP contribution is 2.39. The Labute approximate surface area is 135 Å². The number of carbonyl (C=O) groups is 1. The lowest BCUT2D eigenvalue weighted by atomic mass is 10.1. The van der Waals surface area contributed by atoms with Crippen LogP contribution in [0.2, 0.25) is 0 Å². The largest absolute Gasteiger partial charge is 0.337 e. The number of anilines is 1. The molecule has 1 aliphatic rings. The van der Waals surface area contributed by atoms with E-state index in [2.05, 4.69) is 15.5 Å². The fourth-order valence-corrected chi connectivity index (χ4v) is 2.77. The summed E-state index contributed by atoms with van der Waals surface area (Å²) in [6, 6.07) is 7.56. The number of amides is 2.